The third kappa shape index (κ3) is 5.84. The molecule has 6 heteroatoms. The first-order valence-electron chi connectivity index (χ1n) is 23.3. The number of para-hydroxylation sites is 5. The molecule has 3 aromatic heterocycles. The van der Waals surface area contributed by atoms with Gasteiger partial charge in [-0.15, -0.1) is 11.8 Å². The van der Waals surface area contributed by atoms with Crippen molar-refractivity contribution in [3.05, 3.63) is 248 Å². The van der Waals surface area contributed by atoms with Gasteiger partial charge in [0.25, 0.3) is 0 Å². The third-order valence-corrected chi connectivity index (χ3v) is 20.1. The molecule has 1 aliphatic heterocycles. The number of aromatic nitrogens is 4. The number of thioether (sulfide) groups is 1. The molecule has 4 heterocycles. The first kappa shape index (κ1) is 39.0. The fourth-order valence-corrected chi connectivity index (χ4v) is 17.1. The Labute approximate surface area is 399 Å². The zero-order chi connectivity index (χ0) is 44.8. The molecule has 0 fully saturated rings. The van der Waals surface area contributed by atoms with E-state index < -0.39 is 8.07 Å². The Bertz CT molecular complexity index is 4020. The van der Waals surface area contributed by atoms with Crippen molar-refractivity contribution < 1.29 is 0 Å². The minimum absolute atomic E-state index is 0.857. The van der Waals surface area contributed by atoms with Gasteiger partial charge in [-0.1, -0.05) is 170 Å². The van der Waals surface area contributed by atoms with Gasteiger partial charge in [-0.05, 0) is 105 Å². The second-order valence-corrected chi connectivity index (χ2v) is 22.7. The Morgan fingerprint density at radius 3 is 1.54 bits per heavy atom. The molecule has 4 nitrogen and oxygen atoms in total. The largest absolute Gasteiger partial charge is 0.309 e. The van der Waals surface area contributed by atoms with Crippen LogP contribution in [0.2, 0.25) is 0 Å². The lowest BCUT2D eigenvalue weighted by molar-refractivity contribution is 0.946. The molecule has 0 atom stereocenters. The summed E-state index contributed by atoms with van der Waals surface area (Å²) in [7, 11) is -2.99. The van der Waals surface area contributed by atoms with Crippen molar-refractivity contribution in [2.75, 3.05) is 0 Å². The molecule has 0 radical (unpaired) electrons. The van der Waals surface area contributed by atoms with Crippen LogP contribution in [-0.2, 0) is 5.75 Å². The lowest BCUT2D eigenvalue weighted by Gasteiger charge is -2.35. The van der Waals surface area contributed by atoms with E-state index in [1.807, 2.05) is 11.8 Å². The van der Waals surface area contributed by atoms with E-state index in [-0.39, 0.29) is 0 Å². The Kier molecular flexibility index (Phi) is 8.88. The lowest BCUT2D eigenvalue weighted by Crippen LogP contribution is -2.74. The van der Waals surface area contributed by atoms with Gasteiger partial charge in [0.2, 0.25) is 0 Å². The van der Waals surface area contributed by atoms with Gasteiger partial charge in [0.15, 0.2) is 8.07 Å². The molecule has 0 N–H and O–H groups in total. The molecule has 10 aromatic carbocycles. The van der Waals surface area contributed by atoms with Crippen LogP contribution in [0.3, 0.4) is 0 Å². The second kappa shape index (κ2) is 15.5. The van der Waals surface area contributed by atoms with Crippen molar-refractivity contribution in [1.82, 2.24) is 18.7 Å². The summed E-state index contributed by atoms with van der Waals surface area (Å²) in [6, 6.07) is 90.4. The van der Waals surface area contributed by atoms with Gasteiger partial charge in [0.05, 0.1) is 44.5 Å². The fraction of sp³-hybridized carbons (Fsp3) is 0.0161. The first-order chi connectivity index (χ1) is 33.7. The molecule has 0 amide bonds. The van der Waals surface area contributed by atoms with E-state index in [1.165, 1.54) is 86.1 Å². The van der Waals surface area contributed by atoms with Crippen LogP contribution < -0.4 is 20.7 Å². The maximum absolute atomic E-state index is 5.04. The number of fused-ring (bicyclic) bond motifs is 11. The van der Waals surface area contributed by atoms with Crippen molar-refractivity contribution in [3.8, 4) is 28.2 Å². The number of hydrogen-bond acceptors (Lipinski definition) is 2. The molecule has 68 heavy (non-hydrogen) atoms. The van der Waals surface area contributed by atoms with Crippen molar-refractivity contribution in [3.63, 3.8) is 0 Å². The zero-order valence-corrected chi connectivity index (χ0v) is 38.8. The molecule has 14 rings (SSSR count). The van der Waals surface area contributed by atoms with Crippen LogP contribution in [0.4, 0.5) is 0 Å². The van der Waals surface area contributed by atoms with Gasteiger partial charge >= 0.3 is 0 Å². The van der Waals surface area contributed by atoms with Crippen molar-refractivity contribution in [1.29, 1.82) is 0 Å². The van der Waals surface area contributed by atoms with Gasteiger partial charge < -0.3 is 9.13 Å². The molecule has 0 saturated heterocycles. The zero-order valence-electron chi connectivity index (χ0n) is 37.0. The van der Waals surface area contributed by atoms with E-state index in [1.54, 1.807) is 0 Å². The predicted octanol–water partition coefficient (Wildman–Crippen LogP) is 12.9. The van der Waals surface area contributed by atoms with E-state index in [9.17, 15) is 0 Å². The monoisotopic (exact) mass is 902 g/mol. The Morgan fingerprint density at radius 1 is 0.353 bits per heavy atom. The summed E-state index contributed by atoms with van der Waals surface area (Å²) in [5.74, 6) is 1.96. The fourth-order valence-electron chi connectivity index (χ4n) is 11.3. The van der Waals surface area contributed by atoms with E-state index >= 15 is 0 Å². The summed E-state index contributed by atoms with van der Waals surface area (Å²) in [4.78, 5) is 6.32. The van der Waals surface area contributed by atoms with E-state index in [0.29, 0.717) is 0 Å². The minimum atomic E-state index is -2.99. The van der Waals surface area contributed by atoms with Crippen LogP contribution >= 0.6 is 11.8 Å². The number of imidazole rings is 1. The Balaban J connectivity index is 0.968. The standard InChI is InChI=1S/C62H42N4SSi/c1-3-19-46(20-4-1)68(47-21-5-2-6-22-47,48-23-15-17-42(37-48)43-33-36-61-60(38-43)66-59-32-14-10-28-54(59)63-62(66)41-67-61)49-24-16-18-44(39-49)64-57-31-13-9-27-52(57)53-40-45(34-35-58(53)64)65-55-29-11-7-25-50(55)51-26-8-12-30-56(51)65/h1-40H,41H2. The third-order valence-electron chi connectivity index (χ3n) is 14.3. The van der Waals surface area contributed by atoms with Gasteiger partial charge in [0.1, 0.15) is 5.82 Å². The minimum Gasteiger partial charge on any atom is -0.309 e. The van der Waals surface area contributed by atoms with Crippen molar-refractivity contribution in [2.45, 2.75) is 10.6 Å². The molecular weight excluding hydrogens is 861 g/mol. The number of nitrogens with zero attached hydrogens (tertiary/aromatic N) is 4. The van der Waals surface area contributed by atoms with Gasteiger partial charge in [-0.3, -0.25) is 4.57 Å². The summed E-state index contributed by atoms with van der Waals surface area (Å²) in [5, 5.41) is 10.3. The smallest absolute Gasteiger partial charge is 0.179 e. The SMILES string of the molecule is c1ccc([Si](c2ccccc2)(c2cccc(-c3ccc4c(c3)-n3c(nc5ccccc53)CS4)c2)c2cccc(-n3c4ccccc4c4cc(-n5c6ccccc6c6ccccc65)ccc43)c2)cc1. The van der Waals surface area contributed by atoms with Crippen molar-refractivity contribution in [2.24, 2.45) is 0 Å². The van der Waals surface area contributed by atoms with Crippen LogP contribution in [0.1, 0.15) is 5.82 Å². The summed E-state index contributed by atoms with van der Waals surface area (Å²) >= 11 is 1.87. The molecule has 0 bridgehead atoms. The lowest BCUT2D eigenvalue weighted by atomic mass is 10.0. The molecule has 0 aliphatic carbocycles. The van der Waals surface area contributed by atoms with E-state index in [4.69, 9.17) is 4.98 Å². The average molecular weight is 903 g/mol. The predicted molar refractivity (Wildman–Crippen MR) is 288 cm³/mol. The highest BCUT2D eigenvalue weighted by Crippen LogP contribution is 2.40. The van der Waals surface area contributed by atoms with E-state index in [0.717, 1.165) is 34.0 Å². The highest BCUT2D eigenvalue weighted by Gasteiger charge is 2.42. The average Bonchev–Trinajstić information content (AvgIpc) is 4.07. The summed E-state index contributed by atoms with van der Waals surface area (Å²) < 4.78 is 7.27. The molecule has 320 valence electrons. The molecule has 0 spiro atoms. The molecular formula is C62H42N4SSi. The maximum atomic E-state index is 5.04. The summed E-state index contributed by atoms with van der Waals surface area (Å²) in [6.45, 7) is 0. The molecule has 0 saturated carbocycles. The summed E-state index contributed by atoms with van der Waals surface area (Å²) in [5.41, 5.74) is 12.9. The molecule has 13 aromatic rings. The Hall–Kier alpha value is -8.16. The van der Waals surface area contributed by atoms with Crippen molar-refractivity contribution >= 4 is 95.2 Å². The number of benzene rings is 10. The number of hydrogen-bond donors (Lipinski definition) is 0. The van der Waals surface area contributed by atoms with Crippen LogP contribution in [0, 0.1) is 0 Å². The number of rotatable bonds is 7. The van der Waals surface area contributed by atoms with Gasteiger partial charge in [-0.2, -0.15) is 0 Å². The topological polar surface area (TPSA) is 27.7 Å². The van der Waals surface area contributed by atoms with E-state index in [2.05, 4.69) is 256 Å². The Morgan fingerprint density at radius 2 is 0.868 bits per heavy atom. The molecule has 1 aliphatic rings. The molecule has 0 unspecified atom stereocenters. The quantitative estimate of drug-likeness (QED) is 0.118. The first-order valence-corrected chi connectivity index (χ1v) is 26.3. The highest BCUT2D eigenvalue weighted by atomic mass is 32.2. The van der Waals surface area contributed by atoms with Gasteiger partial charge in [-0.25, -0.2) is 4.98 Å². The highest BCUT2D eigenvalue weighted by molar-refractivity contribution is 7.98. The maximum Gasteiger partial charge on any atom is 0.179 e. The normalized spacial score (nSPS) is 12.6. The van der Waals surface area contributed by atoms with Crippen LogP contribution in [0.15, 0.2) is 248 Å². The van der Waals surface area contributed by atoms with Crippen LogP contribution in [0.5, 0.6) is 0 Å². The summed E-state index contributed by atoms with van der Waals surface area (Å²) in [6.07, 6.45) is 0. The van der Waals surface area contributed by atoms with Crippen LogP contribution in [-0.4, -0.2) is 26.8 Å². The van der Waals surface area contributed by atoms with Crippen LogP contribution in [0.25, 0.3) is 82.8 Å². The van der Waals surface area contributed by atoms with Gasteiger partial charge in [0, 0.05) is 37.8 Å². The second-order valence-electron chi connectivity index (χ2n) is 17.9.